The molecular weight excluding hydrogens is 178 g/mol. The van der Waals surface area contributed by atoms with Gasteiger partial charge in [-0.15, -0.1) is 0 Å². The highest BCUT2D eigenvalue weighted by molar-refractivity contribution is 5.76. The molecule has 1 amide bonds. The predicted molar refractivity (Wildman–Crippen MR) is 55.7 cm³/mol. The fraction of sp³-hybridized carbons (Fsp3) is 0.182. The molecule has 74 valence electrons. The SMILES string of the molecule is Cc1cc(O)ccc1C=CCC(N)=O. The van der Waals surface area contributed by atoms with Gasteiger partial charge in [-0.2, -0.15) is 0 Å². The second-order valence-electron chi connectivity index (χ2n) is 3.11. The van der Waals surface area contributed by atoms with Crippen molar-refractivity contribution in [1.82, 2.24) is 0 Å². The third-order valence-corrected chi connectivity index (χ3v) is 1.87. The number of carbonyl (C=O) groups excluding carboxylic acids is 1. The summed E-state index contributed by atoms with van der Waals surface area (Å²) in [5, 5.41) is 9.15. The maximum atomic E-state index is 10.5. The summed E-state index contributed by atoms with van der Waals surface area (Å²) in [6.07, 6.45) is 3.77. The van der Waals surface area contributed by atoms with Crippen molar-refractivity contribution >= 4 is 12.0 Å². The molecule has 14 heavy (non-hydrogen) atoms. The number of rotatable bonds is 3. The molecule has 1 rings (SSSR count). The first-order valence-electron chi connectivity index (χ1n) is 4.34. The van der Waals surface area contributed by atoms with Crippen LogP contribution in [-0.4, -0.2) is 11.0 Å². The van der Waals surface area contributed by atoms with E-state index in [1.165, 1.54) is 0 Å². The van der Waals surface area contributed by atoms with Gasteiger partial charge in [0.2, 0.25) is 5.91 Å². The summed E-state index contributed by atoms with van der Waals surface area (Å²) in [6, 6.07) is 5.07. The lowest BCUT2D eigenvalue weighted by Crippen LogP contribution is -2.07. The fourth-order valence-electron chi connectivity index (χ4n) is 1.15. The van der Waals surface area contributed by atoms with Crippen LogP contribution >= 0.6 is 0 Å². The van der Waals surface area contributed by atoms with E-state index in [4.69, 9.17) is 10.8 Å². The number of hydrogen-bond donors (Lipinski definition) is 2. The van der Waals surface area contributed by atoms with Gasteiger partial charge in [-0.25, -0.2) is 0 Å². The van der Waals surface area contributed by atoms with E-state index in [0.717, 1.165) is 11.1 Å². The molecule has 0 heterocycles. The van der Waals surface area contributed by atoms with Gasteiger partial charge in [0.25, 0.3) is 0 Å². The quantitative estimate of drug-likeness (QED) is 0.762. The van der Waals surface area contributed by atoms with Crippen LogP contribution in [0.5, 0.6) is 5.75 Å². The number of hydrogen-bond acceptors (Lipinski definition) is 2. The number of aromatic hydroxyl groups is 1. The van der Waals surface area contributed by atoms with Gasteiger partial charge in [0, 0.05) is 6.42 Å². The number of benzene rings is 1. The molecule has 0 spiro atoms. The molecule has 1 aromatic carbocycles. The summed E-state index contributed by atoms with van der Waals surface area (Å²) in [5.41, 5.74) is 6.93. The average Bonchev–Trinajstić information content (AvgIpc) is 2.08. The minimum atomic E-state index is -0.349. The number of phenolic OH excluding ortho intramolecular Hbond substituents is 1. The maximum absolute atomic E-state index is 10.5. The van der Waals surface area contributed by atoms with E-state index < -0.39 is 0 Å². The Morgan fingerprint density at radius 2 is 2.29 bits per heavy atom. The molecule has 0 radical (unpaired) electrons. The molecule has 0 unspecified atom stereocenters. The lowest BCUT2D eigenvalue weighted by molar-refractivity contribution is -0.117. The Morgan fingerprint density at radius 1 is 1.57 bits per heavy atom. The van der Waals surface area contributed by atoms with Gasteiger partial charge in [-0.05, 0) is 30.2 Å². The second-order valence-corrected chi connectivity index (χ2v) is 3.11. The first kappa shape index (κ1) is 10.3. The molecule has 0 aliphatic carbocycles. The van der Waals surface area contributed by atoms with Crippen LogP contribution in [0.4, 0.5) is 0 Å². The number of carbonyl (C=O) groups is 1. The summed E-state index contributed by atoms with van der Waals surface area (Å²) in [6.45, 7) is 1.89. The highest BCUT2D eigenvalue weighted by Gasteiger charge is 1.95. The van der Waals surface area contributed by atoms with Crippen LogP contribution in [0.1, 0.15) is 17.5 Å². The number of amides is 1. The van der Waals surface area contributed by atoms with Gasteiger partial charge in [0.1, 0.15) is 5.75 Å². The number of primary amides is 1. The first-order valence-corrected chi connectivity index (χ1v) is 4.34. The minimum absolute atomic E-state index is 0.236. The van der Waals surface area contributed by atoms with E-state index in [9.17, 15) is 4.79 Å². The Balaban J connectivity index is 2.76. The van der Waals surface area contributed by atoms with Crippen LogP contribution < -0.4 is 5.73 Å². The van der Waals surface area contributed by atoms with Crippen molar-refractivity contribution in [3.63, 3.8) is 0 Å². The molecule has 3 heteroatoms. The Hall–Kier alpha value is -1.77. The van der Waals surface area contributed by atoms with Crippen molar-refractivity contribution in [2.45, 2.75) is 13.3 Å². The Labute approximate surface area is 82.9 Å². The van der Waals surface area contributed by atoms with Gasteiger partial charge < -0.3 is 10.8 Å². The summed E-state index contributed by atoms with van der Waals surface area (Å²) in [7, 11) is 0. The average molecular weight is 191 g/mol. The van der Waals surface area contributed by atoms with E-state index in [2.05, 4.69) is 0 Å². The zero-order valence-electron chi connectivity index (χ0n) is 8.03. The van der Waals surface area contributed by atoms with E-state index >= 15 is 0 Å². The number of nitrogens with two attached hydrogens (primary N) is 1. The molecule has 0 fully saturated rings. The van der Waals surface area contributed by atoms with E-state index in [1.807, 2.05) is 13.0 Å². The first-order chi connectivity index (χ1) is 6.59. The Kier molecular flexibility index (Phi) is 3.29. The van der Waals surface area contributed by atoms with Crippen molar-refractivity contribution in [1.29, 1.82) is 0 Å². The van der Waals surface area contributed by atoms with Gasteiger partial charge in [0.15, 0.2) is 0 Å². The van der Waals surface area contributed by atoms with Gasteiger partial charge in [0.05, 0.1) is 0 Å². The highest BCUT2D eigenvalue weighted by Crippen LogP contribution is 2.16. The van der Waals surface area contributed by atoms with Crippen LogP contribution in [0, 0.1) is 6.92 Å². The maximum Gasteiger partial charge on any atom is 0.221 e. The summed E-state index contributed by atoms with van der Waals surface area (Å²) in [5.74, 6) is -0.104. The fourth-order valence-corrected chi connectivity index (χ4v) is 1.15. The largest absolute Gasteiger partial charge is 0.508 e. The van der Waals surface area contributed by atoms with Gasteiger partial charge >= 0.3 is 0 Å². The van der Waals surface area contributed by atoms with Crippen molar-refractivity contribution in [2.24, 2.45) is 5.73 Å². The van der Waals surface area contributed by atoms with Crippen LogP contribution in [0.3, 0.4) is 0 Å². The lowest BCUT2D eigenvalue weighted by atomic mass is 10.1. The van der Waals surface area contributed by atoms with E-state index in [0.29, 0.717) is 0 Å². The topological polar surface area (TPSA) is 63.3 Å². The lowest BCUT2D eigenvalue weighted by Gasteiger charge is -2.00. The molecule has 0 aliphatic rings. The molecule has 3 nitrogen and oxygen atoms in total. The zero-order chi connectivity index (χ0) is 10.6. The molecule has 1 aromatic rings. The molecule has 0 aromatic heterocycles. The van der Waals surface area contributed by atoms with Crippen LogP contribution in [-0.2, 0) is 4.79 Å². The van der Waals surface area contributed by atoms with Gasteiger partial charge in [-0.3, -0.25) is 4.79 Å². The minimum Gasteiger partial charge on any atom is -0.508 e. The van der Waals surface area contributed by atoms with Crippen molar-refractivity contribution in [2.75, 3.05) is 0 Å². The second kappa shape index (κ2) is 4.46. The smallest absolute Gasteiger partial charge is 0.221 e. The molecule has 0 atom stereocenters. The summed E-state index contributed by atoms with van der Waals surface area (Å²) in [4.78, 5) is 10.5. The van der Waals surface area contributed by atoms with Gasteiger partial charge in [-0.1, -0.05) is 18.2 Å². The summed E-state index contributed by atoms with van der Waals surface area (Å²) >= 11 is 0. The highest BCUT2D eigenvalue weighted by atomic mass is 16.3. The Morgan fingerprint density at radius 3 is 2.86 bits per heavy atom. The Bertz CT molecular complexity index is 370. The van der Waals surface area contributed by atoms with Crippen LogP contribution in [0.25, 0.3) is 6.08 Å². The predicted octanol–water partition coefficient (Wildman–Crippen LogP) is 1.59. The van der Waals surface area contributed by atoms with Crippen molar-refractivity contribution < 1.29 is 9.90 Å². The summed E-state index contributed by atoms with van der Waals surface area (Å²) < 4.78 is 0. The van der Waals surface area contributed by atoms with Crippen molar-refractivity contribution in [3.8, 4) is 5.75 Å². The normalized spacial score (nSPS) is 10.6. The molecule has 0 saturated heterocycles. The van der Waals surface area contributed by atoms with Crippen molar-refractivity contribution in [3.05, 3.63) is 35.4 Å². The third kappa shape index (κ3) is 2.94. The van der Waals surface area contributed by atoms with Crippen LogP contribution in [0.2, 0.25) is 0 Å². The zero-order valence-corrected chi connectivity index (χ0v) is 8.03. The third-order valence-electron chi connectivity index (χ3n) is 1.87. The van der Waals surface area contributed by atoms with E-state index in [1.54, 1.807) is 24.3 Å². The van der Waals surface area contributed by atoms with Crippen LogP contribution in [0.15, 0.2) is 24.3 Å². The number of aryl methyl sites for hydroxylation is 1. The van der Waals surface area contributed by atoms with E-state index in [-0.39, 0.29) is 18.1 Å². The molecule has 0 bridgehead atoms. The monoisotopic (exact) mass is 191 g/mol. The number of phenols is 1. The molecule has 0 saturated carbocycles. The molecule has 3 N–H and O–H groups in total. The standard InChI is InChI=1S/C11H13NO2/c1-8-7-10(13)6-5-9(8)3-2-4-11(12)14/h2-3,5-7,13H,4H2,1H3,(H2,12,14). The molecular formula is C11H13NO2. The molecule has 0 aliphatic heterocycles.